The Morgan fingerprint density at radius 2 is 1.67 bits per heavy atom. The molecule has 0 aromatic heterocycles. The highest BCUT2D eigenvalue weighted by Crippen LogP contribution is 2.38. The fourth-order valence-corrected chi connectivity index (χ4v) is 2.10. The predicted octanol–water partition coefficient (Wildman–Crippen LogP) is 3.04. The molecule has 1 heteroatoms. The Labute approximate surface area is 75.5 Å². The average molecular weight is 168 g/mol. The van der Waals surface area contributed by atoms with E-state index in [-0.39, 0.29) is 5.41 Å². The highest BCUT2D eigenvalue weighted by atomic mass is 16.1. The van der Waals surface area contributed by atoms with E-state index in [1.807, 2.05) is 0 Å². The number of aldehydes is 1. The Morgan fingerprint density at radius 1 is 1.17 bits per heavy atom. The smallest absolute Gasteiger partial charge is 0.125 e. The van der Waals surface area contributed by atoms with Gasteiger partial charge >= 0.3 is 0 Å². The minimum atomic E-state index is -0.0832. The van der Waals surface area contributed by atoms with Crippen molar-refractivity contribution in [2.24, 2.45) is 17.3 Å². The zero-order valence-electron chi connectivity index (χ0n) is 8.47. The standard InChI is InChI=1S/C11H20O/c1-9-4-6-10(7-5-9)11(2,3)8-12/h8-10H,4-7H2,1-3H3. The van der Waals surface area contributed by atoms with E-state index in [4.69, 9.17) is 0 Å². The predicted molar refractivity (Wildman–Crippen MR) is 51.0 cm³/mol. The normalized spacial score (nSPS) is 31.6. The summed E-state index contributed by atoms with van der Waals surface area (Å²) in [4.78, 5) is 10.8. The minimum absolute atomic E-state index is 0.0832. The van der Waals surface area contributed by atoms with Crippen molar-refractivity contribution in [1.82, 2.24) is 0 Å². The summed E-state index contributed by atoms with van der Waals surface area (Å²) in [6.45, 7) is 6.45. The highest BCUT2D eigenvalue weighted by Gasteiger charge is 2.31. The molecule has 0 spiro atoms. The summed E-state index contributed by atoms with van der Waals surface area (Å²) in [6, 6.07) is 0. The molecule has 0 saturated heterocycles. The van der Waals surface area contributed by atoms with E-state index in [9.17, 15) is 4.79 Å². The lowest BCUT2D eigenvalue weighted by molar-refractivity contribution is -0.117. The van der Waals surface area contributed by atoms with E-state index in [1.165, 1.54) is 25.7 Å². The Hall–Kier alpha value is -0.330. The number of hydrogen-bond donors (Lipinski definition) is 0. The van der Waals surface area contributed by atoms with E-state index in [0.29, 0.717) is 5.92 Å². The third-order valence-corrected chi connectivity index (χ3v) is 3.37. The molecule has 0 heterocycles. The summed E-state index contributed by atoms with van der Waals surface area (Å²) < 4.78 is 0. The molecule has 0 aliphatic heterocycles. The van der Waals surface area contributed by atoms with E-state index in [2.05, 4.69) is 20.8 Å². The molecule has 12 heavy (non-hydrogen) atoms. The molecule has 70 valence electrons. The second-order valence-corrected chi connectivity index (χ2v) is 4.90. The van der Waals surface area contributed by atoms with Crippen molar-refractivity contribution in [3.8, 4) is 0 Å². The summed E-state index contributed by atoms with van der Waals surface area (Å²) in [7, 11) is 0. The van der Waals surface area contributed by atoms with Crippen molar-refractivity contribution in [3.63, 3.8) is 0 Å². The molecule has 0 atom stereocenters. The second kappa shape index (κ2) is 3.59. The van der Waals surface area contributed by atoms with Crippen LogP contribution in [0.4, 0.5) is 0 Å². The van der Waals surface area contributed by atoms with Gasteiger partial charge in [0.1, 0.15) is 6.29 Å². The van der Waals surface area contributed by atoms with Crippen LogP contribution in [0.3, 0.4) is 0 Å². The van der Waals surface area contributed by atoms with Gasteiger partial charge in [-0.1, -0.05) is 33.6 Å². The van der Waals surface area contributed by atoms with Crippen LogP contribution >= 0.6 is 0 Å². The molecule has 0 aromatic carbocycles. The lowest BCUT2D eigenvalue weighted by Crippen LogP contribution is -2.29. The highest BCUT2D eigenvalue weighted by molar-refractivity contribution is 5.58. The van der Waals surface area contributed by atoms with E-state index >= 15 is 0 Å². The Morgan fingerprint density at radius 3 is 2.08 bits per heavy atom. The molecular formula is C11H20O. The zero-order valence-corrected chi connectivity index (χ0v) is 8.47. The van der Waals surface area contributed by atoms with Crippen molar-refractivity contribution >= 4 is 6.29 Å². The van der Waals surface area contributed by atoms with Crippen LogP contribution in [-0.4, -0.2) is 6.29 Å². The van der Waals surface area contributed by atoms with Crippen LogP contribution in [0.15, 0.2) is 0 Å². The Kier molecular flexibility index (Phi) is 2.92. The molecule has 0 radical (unpaired) electrons. The number of carbonyl (C=O) groups excluding carboxylic acids is 1. The van der Waals surface area contributed by atoms with Crippen LogP contribution in [0.2, 0.25) is 0 Å². The second-order valence-electron chi connectivity index (χ2n) is 4.90. The number of rotatable bonds is 2. The van der Waals surface area contributed by atoms with Crippen molar-refractivity contribution in [2.45, 2.75) is 46.5 Å². The molecule has 0 amide bonds. The zero-order chi connectivity index (χ0) is 9.19. The third-order valence-electron chi connectivity index (χ3n) is 3.37. The van der Waals surface area contributed by atoms with Crippen molar-refractivity contribution in [2.75, 3.05) is 0 Å². The fourth-order valence-electron chi connectivity index (χ4n) is 2.10. The van der Waals surface area contributed by atoms with Gasteiger partial charge < -0.3 is 4.79 Å². The van der Waals surface area contributed by atoms with Gasteiger partial charge in [-0.25, -0.2) is 0 Å². The SMILES string of the molecule is CC1CCC(C(C)(C)C=O)CC1. The fraction of sp³-hybridized carbons (Fsp3) is 0.909. The van der Waals surface area contributed by atoms with Gasteiger partial charge in [-0.3, -0.25) is 0 Å². The molecule has 0 bridgehead atoms. The van der Waals surface area contributed by atoms with Crippen LogP contribution in [0, 0.1) is 17.3 Å². The first kappa shape index (κ1) is 9.76. The van der Waals surface area contributed by atoms with E-state index in [1.54, 1.807) is 0 Å². The minimum Gasteiger partial charge on any atom is -0.303 e. The Bertz CT molecular complexity index is 152. The first-order chi connectivity index (χ1) is 5.56. The topological polar surface area (TPSA) is 17.1 Å². The van der Waals surface area contributed by atoms with Crippen molar-refractivity contribution in [1.29, 1.82) is 0 Å². The quantitative estimate of drug-likeness (QED) is 0.579. The molecule has 0 aromatic rings. The Balaban J connectivity index is 2.49. The molecule has 1 rings (SSSR count). The number of carbonyl (C=O) groups is 1. The van der Waals surface area contributed by atoms with E-state index < -0.39 is 0 Å². The van der Waals surface area contributed by atoms with Crippen LogP contribution in [-0.2, 0) is 4.79 Å². The maximum Gasteiger partial charge on any atom is 0.125 e. The van der Waals surface area contributed by atoms with Gasteiger partial charge in [-0.05, 0) is 24.7 Å². The van der Waals surface area contributed by atoms with Gasteiger partial charge in [-0.15, -0.1) is 0 Å². The molecule has 0 unspecified atom stereocenters. The third kappa shape index (κ3) is 2.09. The maximum absolute atomic E-state index is 10.8. The molecule has 1 aliphatic carbocycles. The van der Waals surface area contributed by atoms with Crippen LogP contribution in [0.25, 0.3) is 0 Å². The lowest BCUT2D eigenvalue weighted by atomic mass is 9.70. The van der Waals surface area contributed by atoms with Gasteiger partial charge in [0.05, 0.1) is 0 Å². The molecular weight excluding hydrogens is 148 g/mol. The molecule has 0 N–H and O–H groups in total. The summed E-state index contributed by atoms with van der Waals surface area (Å²) in [5, 5.41) is 0. The molecule has 1 saturated carbocycles. The summed E-state index contributed by atoms with van der Waals surface area (Å²) >= 11 is 0. The average Bonchev–Trinajstić information content (AvgIpc) is 2.05. The lowest BCUT2D eigenvalue weighted by Gasteiger charge is -2.34. The van der Waals surface area contributed by atoms with Gasteiger partial charge in [0, 0.05) is 5.41 Å². The van der Waals surface area contributed by atoms with Crippen LogP contribution in [0.5, 0.6) is 0 Å². The molecule has 1 fully saturated rings. The molecule has 1 aliphatic rings. The largest absolute Gasteiger partial charge is 0.303 e. The first-order valence-electron chi connectivity index (χ1n) is 5.02. The van der Waals surface area contributed by atoms with Crippen LogP contribution < -0.4 is 0 Å². The van der Waals surface area contributed by atoms with E-state index in [0.717, 1.165) is 12.2 Å². The van der Waals surface area contributed by atoms with Gasteiger partial charge in [0.25, 0.3) is 0 Å². The van der Waals surface area contributed by atoms with Crippen molar-refractivity contribution in [3.05, 3.63) is 0 Å². The van der Waals surface area contributed by atoms with Crippen molar-refractivity contribution < 1.29 is 4.79 Å². The summed E-state index contributed by atoms with van der Waals surface area (Å²) in [5.41, 5.74) is -0.0832. The van der Waals surface area contributed by atoms with Gasteiger partial charge in [0.15, 0.2) is 0 Å². The maximum atomic E-state index is 10.8. The van der Waals surface area contributed by atoms with Crippen LogP contribution in [0.1, 0.15) is 46.5 Å². The van der Waals surface area contributed by atoms with Gasteiger partial charge in [-0.2, -0.15) is 0 Å². The van der Waals surface area contributed by atoms with Gasteiger partial charge in [0.2, 0.25) is 0 Å². The first-order valence-corrected chi connectivity index (χ1v) is 5.02. The summed E-state index contributed by atoms with van der Waals surface area (Å²) in [5.74, 6) is 1.51. The molecule has 1 nitrogen and oxygen atoms in total. The summed E-state index contributed by atoms with van der Waals surface area (Å²) in [6.07, 6.45) is 6.23. The number of hydrogen-bond acceptors (Lipinski definition) is 1. The monoisotopic (exact) mass is 168 g/mol.